The summed E-state index contributed by atoms with van der Waals surface area (Å²) < 4.78 is 1.11. The van der Waals surface area contributed by atoms with Gasteiger partial charge in [-0.15, -0.1) is 0 Å². The molecule has 0 saturated carbocycles. The molecule has 1 fully saturated rings. The number of pyridine rings is 1. The fourth-order valence-corrected chi connectivity index (χ4v) is 3.38. The van der Waals surface area contributed by atoms with E-state index in [2.05, 4.69) is 56.4 Å². The monoisotopic (exact) mass is 333 g/mol. The highest BCUT2D eigenvalue weighted by molar-refractivity contribution is 9.10. The first-order valence-corrected chi connectivity index (χ1v) is 7.97. The van der Waals surface area contributed by atoms with Crippen molar-refractivity contribution in [3.8, 4) is 0 Å². The number of nitrogens with zero attached hydrogens (tertiary/aromatic N) is 2. The highest BCUT2D eigenvalue weighted by Gasteiger charge is 2.16. The van der Waals surface area contributed by atoms with E-state index in [4.69, 9.17) is 0 Å². The number of aromatic nitrogens is 1. The predicted molar refractivity (Wildman–Crippen MR) is 86.8 cm³/mol. The van der Waals surface area contributed by atoms with E-state index in [0.717, 1.165) is 23.1 Å². The Balaban J connectivity index is 1.76. The number of fused-ring (bicyclic) bond motifs is 1. The molecule has 106 valence electrons. The summed E-state index contributed by atoms with van der Waals surface area (Å²) in [6.45, 7) is 3.25. The van der Waals surface area contributed by atoms with Crippen molar-refractivity contribution in [2.75, 3.05) is 20.1 Å². The Morgan fingerprint density at radius 1 is 1.40 bits per heavy atom. The van der Waals surface area contributed by atoms with Gasteiger partial charge < -0.3 is 10.2 Å². The molecule has 3 rings (SSSR count). The smallest absolute Gasteiger partial charge is 0.0758 e. The van der Waals surface area contributed by atoms with Crippen LogP contribution in [0.5, 0.6) is 0 Å². The Kier molecular flexibility index (Phi) is 4.34. The summed E-state index contributed by atoms with van der Waals surface area (Å²) in [7, 11) is 2.20. The van der Waals surface area contributed by atoms with Gasteiger partial charge in [-0.3, -0.25) is 4.98 Å². The fraction of sp³-hybridized carbons (Fsp3) is 0.438. The summed E-state index contributed by atoms with van der Waals surface area (Å²) in [4.78, 5) is 6.94. The third-order valence-electron chi connectivity index (χ3n) is 4.01. The fourth-order valence-electron chi connectivity index (χ4n) is 2.93. The third kappa shape index (κ3) is 3.03. The van der Waals surface area contributed by atoms with Gasteiger partial charge in [-0.05, 0) is 44.1 Å². The van der Waals surface area contributed by atoms with Gasteiger partial charge in [0.2, 0.25) is 0 Å². The van der Waals surface area contributed by atoms with Gasteiger partial charge in [-0.2, -0.15) is 0 Å². The van der Waals surface area contributed by atoms with Crippen molar-refractivity contribution >= 4 is 26.8 Å². The van der Waals surface area contributed by atoms with Crippen molar-refractivity contribution in [1.82, 2.24) is 15.2 Å². The molecule has 1 unspecified atom stereocenters. The maximum Gasteiger partial charge on any atom is 0.0758 e. The second-order valence-corrected chi connectivity index (χ2v) is 6.44. The number of rotatable bonds is 3. The number of hydrogen-bond donors (Lipinski definition) is 1. The maximum absolute atomic E-state index is 4.54. The zero-order valence-corrected chi connectivity index (χ0v) is 13.4. The van der Waals surface area contributed by atoms with E-state index in [1.54, 1.807) is 0 Å². The van der Waals surface area contributed by atoms with Gasteiger partial charge in [-0.25, -0.2) is 0 Å². The number of nitrogens with one attached hydrogen (secondary N) is 1. The molecule has 3 nitrogen and oxygen atoms in total. The molecule has 0 spiro atoms. The predicted octanol–water partition coefficient (Wildman–Crippen LogP) is 3.18. The van der Waals surface area contributed by atoms with Gasteiger partial charge in [0.15, 0.2) is 0 Å². The maximum atomic E-state index is 4.54. The molecule has 1 aliphatic rings. The van der Waals surface area contributed by atoms with E-state index in [1.807, 2.05) is 12.3 Å². The highest BCUT2D eigenvalue weighted by Crippen LogP contribution is 2.25. The van der Waals surface area contributed by atoms with Crippen molar-refractivity contribution in [2.24, 2.45) is 0 Å². The van der Waals surface area contributed by atoms with Crippen molar-refractivity contribution < 1.29 is 0 Å². The first-order valence-electron chi connectivity index (χ1n) is 7.18. The number of benzene rings is 1. The Labute approximate surface area is 128 Å². The van der Waals surface area contributed by atoms with Gasteiger partial charge >= 0.3 is 0 Å². The van der Waals surface area contributed by atoms with Gasteiger partial charge in [-0.1, -0.05) is 28.1 Å². The molecule has 4 heteroatoms. The van der Waals surface area contributed by atoms with E-state index < -0.39 is 0 Å². The van der Waals surface area contributed by atoms with Gasteiger partial charge in [0.1, 0.15) is 0 Å². The first-order chi connectivity index (χ1) is 9.74. The summed E-state index contributed by atoms with van der Waals surface area (Å²) in [5.74, 6) is 0. The van der Waals surface area contributed by atoms with Crippen molar-refractivity contribution in [3.63, 3.8) is 0 Å². The lowest BCUT2D eigenvalue weighted by Gasteiger charge is -2.30. The van der Waals surface area contributed by atoms with Crippen molar-refractivity contribution in [2.45, 2.75) is 25.4 Å². The molecule has 20 heavy (non-hydrogen) atoms. The molecule has 2 heterocycles. The lowest BCUT2D eigenvalue weighted by atomic mass is 10.1. The second kappa shape index (κ2) is 6.20. The van der Waals surface area contributed by atoms with E-state index in [0.29, 0.717) is 6.04 Å². The Hall–Kier alpha value is -0.970. The third-order valence-corrected chi connectivity index (χ3v) is 4.70. The molecule has 0 aliphatic carbocycles. The quantitative estimate of drug-likeness (QED) is 0.934. The van der Waals surface area contributed by atoms with Crippen LogP contribution in [0.2, 0.25) is 0 Å². The molecule has 0 amide bonds. The zero-order valence-electron chi connectivity index (χ0n) is 11.8. The first kappa shape index (κ1) is 14.0. The topological polar surface area (TPSA) is 28.2 Å². The summed E-state index contributed by atoms with van der Waals surface area (Å²) in [5.41, 5.74) is 2.37. The van der Waals surface area contributed by atoms with Crippen molar-refractivity contribution in [3.05, 3.63) is 40.5 Å². The minimum absolute atomic E-state index is 0.594. The van der Waals surface area contributed by atoms with Crippen molar-refractivity contribution in [1.29, 1.82) is 0 Å². The molecule has 0 bridgehead atoms. The molecule has 2 aromatic rings. The average molecular weight is 334 g/mol. The SMILES string of the molecule is CN1CCCC(NCc2ccc(Br)c3cccnc23)C1. The Morgan fingerprint density at radius 3 is 3.15 bits per heavy atom. The van der Waals surface area contributed by atoms with Crippen LogP contribution in [-0.2, 0) is 6.54 Å². The molecular weight excluding hydrogens is 314 g/mol. The largest absolute Gasteiger partial charge is 0.309 e. The van der Waals surface area contributed by atoms with Crippen LogP contribution >= 0.6 is 15.9 Å². The van der Waals surface area contributed by atoms with E-state index in [-0.39, 0.29) is 0 Å². The second-order valence-electron chi connectivity index (χ2n) is 5.59. The number of likely N-dealkylation sites (tertiary alicyclic amines) is 1. The summed E-state index contributed by atoms with van der Waals surface area (Å²) in [6.07, 6.45) is 4.42. The van der Waals surface area contributed by atoms with Crippen LogP contribution < -0.4 is 5.32 Å². The van der Waals surface area contributed by atoms with E-state index in [9.17, 15) is 0 Å². The van der Waals surface area contributed by atoms with E-state index >= 15 is 0 Å². The number of hydrogen-bond acceptors (Lipinski definition) is 3. The summed E-state index contributed by atoms with van der Waals surface area (Å²) in [5, 5.41) is 4.87. The Morgan fingerprint density at radius 2 is 2.30 bits per heavy atom. The molecule has 1 aromatic heterocycles. The molecule has 1 aromatic carbocycles. The normalized spacial score (nSPS) is 20.4. The molecule has 1 aliphatic heterocycles. The number of halogens is 1. The van der Waals surface area contributed by atoms with Crippen LogP contribution in [0.15, 0.2) is 34.9 Å². The molecule has 1 N–H and O–H groups in total. The summed E-state index contributed by atoms with van der Waals surface area (Å²) in [6, 6.07) is 8.98. The van der Waals surface area contributed by atoms with Gasteiger partial charge in [0, 0.05) is 35.2 Å². The lowest BCUT2D eigenvalue weighted by Crippen LogP contribution is -2.43. The molecular formula is C16H20BrN3. The minimum atomic E-state index is 0.594. The number of piperidine rings is 1. The minimum Gasteiger partial charge on any atom is -0.309 e. The standard InChI is InChI=1S/C16H20BrN3/c1-20-9-3-4-13(11-20)19-10-12-6-7-15(17)14-5-2-8-18-16(12)14/h2,5-8,13,19H,3-4,9-11H2,1H3. The van der Waals surface area contributed by atoms with Gasteiger partial charge in [0.05, 0.1) is 5.52 Å². The average Bonchev–Trinajstić information content (AvgIpc) is 2.47. The van der Waals surface area contributed by atoms with Gasteiger partial charge in [0.25, 0.3) is 0 Å². The van der Waals surface area contributed by atoms with Crippen LogP contribution in [0, 0.1) is 0 Å². The molecule has 0 radical (unpaired) electrons. The number of likely N-dealkylation sites (N-methyl/N-ethyl adjacent to an activating group) is 1. The lowest BCUT2D eigenvalue weighted by molar-refractivity contribution is 0.226. The van der Waals surface area contributed by atoms with Crippen LogP contribution in [-0.4, -0.2) is 36.1 Å². The zero-order chi connectivity index (χ0) is 13.9. The molecule has 1 atom stereocenters. The van der Waals surface area contributed by atoms with Crippen LogP contribution in [0.25, 0.3) is 10.9 Å². The van der Waals surface area contributed by atoms with Crippen LogP contribution in [0.4, 0.5) is 0 Å². The Bertz CT molecular complexity index is 599. The highest BCUT2D eigenvalue weighted by atomic mass is 79.9. The van der Waals surface area contributed by atoms with Crippen LogP contribution in [0.3, 0.4) is 0 Å². The summed E-state index contributed by atoms with van der Waals surface area (Å²) >= 11 is 3.60. The van der Waals surface area contributed by atoms with Crippen LogP contribution in [0.1, 0.15) is 18.4 Å². The molecule has 1 saturated heterocycles. The van der Waals surface area contributed by atoms with E-state index in [1.165, 1.54) is 30.3 Å².